The highest BCUT2D eigenvalue weighted by Crippen LogP contribution is 2.22. The monoisotopic (exact) mass is 332 g/mol. The fraction of sp³-hybridized carbons (Fsp3) is 0.222. The molecule has 5 heteroatoms. The van der Waals surface area contributed by atoms with Crippen LogP contribution in [0.25, 0.3) is 0 Å². The van der Waals surface area contributed by atoms with Crippen molar-refractivity contribution in [1.82, 2.24) is 0 Å². The fourth-order valence-corrected chi connectivity index (χ4v) is 2.21. The van der Waals surface area contributed by atoms with Crippen molar-refractivity contribution in [3.8, 4) is 11.5 Å². The molecule has 0 unspecified atom stereocenters. The summed E-state index contributed by atoms with van der Waals surface area (Å²) in [6.45, 7) is 3.43. The highest BCUT2D eigenvalue weighted by Gasteiger charge is 2.09. The van der Waals surface area contributed by atoms with E-state index >= 15 is 0 Å². The molecule has 0 saturated carbocycles. The molecule has 0 aliphatic carbocycles. The van der Waals surface area contributed by atoms with Gasteiger partial charge in [0.2, 0.25) is 0 Å². The number of hydrogen-bond acceptors (Lipinski definition) is 4. The first kappa shape index (κ1) is 17.0. The van der Waals surface area contributed by atoms with E-state index < -0.39 is 5.97 Å². The standard InChI is InChI=1S/C18H17ClO4/c1-3-16(20)13-4-7-15(8-5-13)23-18(21)11-22-17-9-6-14(19)10-12(17)2/h4-10H,3,11H2,1-2H3. The van der Waals surface area contributed by atoms with Crippen molar-refractivity contribution in [2.75, 3.05) is 6.61 Å². The van der Waals surface area contributed by atoms with Crippen LogP contribution < -0.4 is 9.47 Å². The summed E-state index contributed by atoms with van der Waals surface area (Å²) < 4.78 is 10.6. The van der Waals surface area contributed by atoms with Gasteiger partial charge in [-0.15, -0.1) is 0 Å². The van der Waals surface area contributed by atoms with E-state index in [0.29, 0.717) is 28.5 Å². The third-order valence-electron chi connectivity index (χ3n) is 3.21. The fourth-order valence-electron chi connectivity index (χ4n) is 1.99. The van der Waals surface area contributed by atoms with Gasteiger partial charge >= 0.3 is 5.97 Å². The van der Waals surface area contributed by atoms with Gasteiger partial charge in [0.25, 0.3) is 0 Å². The molecule has 0 fully saturated rings. The zero-order chi connectivity index (χ0) is 16.8. The zero-order valence-corrected chi connectivity index (χ0v) is 13.7. The Morgan fingerprint density at radius 3 is 2.39 bits per heavy atom. The SMILES string of the molecule is CCC(=O)c1ccc(OC(=O)COc2ccc(Cl)cc2C)cc1. The molecule has 23 heavy (non-hydrogen) atoms. The van der Waals surface area contributed by atoms with Crippen LogP contribution in [-0.2, 0) is 4.79 Å². The molecule has 2 aromatic carbocycles. The normalized spacial score (nSPS) is 10.2. The average molecular weight is 333 g/mol. The Morgan fingerprint density at radius 1 is 1.09 bits per heavy atom. The van der Waals surface area contributed by atoms with Crippen LogP contribution in [0.2, 0.25) is 5.02 Å². The number of carbonyl (C=O) groups is 2. The Bertz CT molecular complexity index is 707. The van der Waals surface area contributed by atoms with Gasteiger partial charge in [0.05, 0.1) is 0 Å². The van der Waals surface area contributed by atoms with Gasteiger partial charge in [-0.25, -0.2) is 4.79 Å². The van der Waals surface area contributed by atoms with Crippen molar-refractivity contribution in [2.45, 2.75) is 20.3 Å². The summed E-state index contributed by atoms with van der Waals surface area (Å²) in [5, 5.41) is 0.610. The maximum absolute atomic E-state index is 11.8. The lowest BCUT2D eigenvalue weighted by Gasteiger charge is -2.09. The lowest BCUT2D eigenvalue weighted by molar-refractivity contribution is -0.136. The molecule has 0 N–H and O–H groups in total. The smallest absolute Gasteiger partial charge is 0.349 e. The molecule has 2 rings (SSSR count). The van der Waals surface area contributed by atoms with Gasteiger partial charge in [-0.05, 0) is 55.0 Å². The van der Waals surface area contributed by atoms with Crippen molar-refractivity contribution in [2.24, 2.45) is 0 Å². The molecule has 0 atom stereocenters. The van der Waals surface area contributed by atoms with Gasteiger partial charge in [-0.2, -0.15) is 0 Å². The number of aryl methyl sites for hydroxylation is 1. The average Bonchev–Trinajstić information content (AvgIpc) is 2.54. The highest BCUT2D eigenvalue weighted by molar-refractivity contribution is 6.30. The van der Waals surface area contributed by atoms with E-state index in [1.54, 1.807) is 49.4 Å². The van der Waals surface area contributed by atoms with Crippen LogP contribution in [0.3, 0.4) is 0 Å². The van der Waals surface area contributed by atoms with Crippen molar-refractivity contribution >= 4 is 23.4 Å². The molecule has 0 spiro atoms. The summed E-state index contributed by atoms with van der Waals surface area (Å²) in [6, 6.07) is 11.6. The Hall–Kier alpha value is -2.33. The predicted molar refractivity (Wildman–Crippen MR) is 88.4 cm³/mol. The Morgan fingerprint density at radius 2 is 1.78 bits per heavy atom. The van der Waals surface area contributed by atoms with Crippen LogP contribution in [0.5, 0.6) is 11.5 Å². The molecule has 0 aromatic heterocycles. The van der Waals surface area contributed by atoms with Crippen LogP contribution in [0.1, 0.15) is 29.3 Å². The van der Waals surface area contributed by atoms with E-state index in [1.807, 2.05) is 6.92 Å². The summed E-state index contributed by atoms with van der Waals surface area (Å²) >= 11 is 5.86. The van der Waals surface area contributed by atoms with Crippen LogP contribution >= 0.6 is 11.6 Å². The molecule has 4 nitrogen and oxygen atoms in total. The lowest BCUT2D eigenvalue weighted by atomic mass is 10.1. The molecule has 0 bridgehead atoms. The number of hydrogen-bond donors (Lipinski definition) is 0. The van der Waals surface area contributed by atoms with E-state index in [0.717, 1.165) is 5.56 Å². The van der Waals surface area contributed by atoms with Crippen LogP contribution in [0.15, 0.2) is 42.5 Å². The summed E-state index contributed by atoms with van der Waals surface area (Å²) in [5.41, 5.74) is 1.44. The first-order chi connectivity index (χ1) is 11.0. The van der Waals surface area contributed by atoms with Crippen molar-refractivity contribution in [1.29, 1.82) is 0 Å². The number of halogens is 1. The largest absolute Gasteiger partial charge is 0.482 e. The topological polar surface area (TPSA) is 52.6 Å². The van der Waals surface area contributed by atoms with Gasteiger partial charge in [-0.1, -0.05) is 18.5 Å². The van der Waals surface area contributed by atoms with Gasteiger partial charge in [0.1, 0.15) is 11.5 Å². The van der Waals surface area contributed by atoms with Crippen molar-refractivity contribution in [3.05, 3.63) is 58.6 Å². The van der Waals surface area contributed by atoms with E-state index in [2.05, 4.69) is 0 Å². The second-order valence-electron chi connectivity index (χ2n) is 4.97. The predicted octanol–water partition coefficient (Wildman–Crippen LogP) is 4.23. The van der Waals surface area contributed by atoms with Gasteiger partial charge in [0.15, 0.2) is 12.4 Å². The Labute approximate surface area is 140 Å². The van der Waals surface area contributed by atoms with Gasteiger partial charge < -0.3 is 9.47 Å². The van der Waals surface area contributed by atoms with Crippen LogP contribution in [-0.4, -0.2) is 18.4 Å². The maximum atomic E-state index is 11.8. The Balaban J connectivity index is 1.90. The van der Waals surface area contributed by atoms with Crippen LogP contribution in [0, 0.1) is 6.92 Å². The van der Waals surface area contributed by atoms with E-state index in [-0.39, 0.29) is 12.4 Å². The molecular formula is C18H17ClO4. The Kier molecular flexibility index (Phi) is 5.77. The lowest BCUT2D eigenvalue weighted by Crippen LogP contribution is -2.18. The zero-order valence-electron chi connectivity index (χ0n) is 13.0. The summed E-state index contributed by atoms with van der Waals surface area (Å²) in [7, 11) is 0. The summed E-state index contributed by atoms with van der Waals surface area (Å²) in [6.07, 6.45) is 0.438. The number of benzene rings is 2. The van der Waals surface area contributed by atoms with Gasteiger partial charge in [0, 0.05) is 17.0 Å². The first-order valence-electron chi connectivity index (χ1n) is 7.22. The minimum Gasteiger partial charge on any atom is -0.482 e. The number of carbonyl (C=O) groups excluding carboxylic acids is 2. The van der Waals surface area contributed by atoms with E-state index in [9.17, 15) is 9.59 Å². The third-order valence-corrected chi connectivity index (χ3v) is 3.45. The summed E-state index contributed by atoms with van der Waals surface area (Å²) in [4.78, 5) is 23.3. The van der Waals surface area contributed by atoms with Crippen molar-refractivity contribution in [3.63, 3.8) is 0 Å². The number of ether oxygens (including phenoxy) is 2. The molecular weight excluding hydrogens is 316 g/mol. The second-order valence-corrected chi connectivity index (χ2v) is 5.41. The number of Topliss-reactive ketones (excluding diaryl/α,β-unsaturated/α-hetero) is 1. The van der Waals surface area contributed by atoms with Crippen LogP contribution in [0.4, 0.5) is 0 Å². The minimum absolute atomic E-state index is 0.0458. The molecule has 120 valence electrons. The molecule has 0 radical (unpaired) electrons. The van der Waals surface area contributed by atoms with E-state index in [1.165, 1.54) is 0 Å². The second kappa shape index (κ2) is 7.79. The highest BCUT2D eigenvalue weighted by atomic mass is 35.5. The van der Waals surface area contributed by atoms with E-state index in [4.69, 9.17) is 21.1 Å². The van der Waals surface area contributed by atoms with Gasteiger partial charge in [-0.3, -0.25) is 4.79 Å². The maximum Gasteiger partial charge on any atom is 0.349 e. The molecule has 0 heterocycles. The molecule has 0 amide bonds. The molecule has 0 saturated heterocycles. The number of ketones is 1. The summed E-state index contributed by atoms with van der Waals surface area (Å²) in [5.74, 6) is 0.479. The number of esters is 1. The molecule has 0 aliphatic heterocycles. The third kappa shape index (κ3) is 4.83. The molecule has 0 aliphatic rings. The number of rotatable bonds is 6. The van der Waals surface area contributed by atoms with Crippen molar-refractivity contribution < 1.29 is 19.1 Å². The minimum atomic E-state index is -0.520. The quantitative estimate of drug-likeness (QED) is 0.451. The first-order valence-corrected chi connectivity index (χ1v) is 7.60. The molecule has 2 aromatic rings.